The normalized spacial score (nSPS) is 11.7. The van der Waals surface area contributed by atoms with Crippen molar-refractivity contribution >= 4 is 40.5 Å². The number of rotatable bonds is 3. The average Bonchev–Trinajstić information content (AvgIpc) is 2.39. The number of benzene rings is 2. The topological polar surface area (TPSA) is 35.8 Å². The van der Waals surface area contributed by atoms with Gasteiger partial charge in [-0.15, -0.1) is 0 Å². The minimum atomic E-state index is -0.666. The maximum Gasteiger partial charge on any atom is 0.143 e. The Morgan fingerprint density at radius 1 is 0.895 bits per heavy atom. The van der Waals surface area contributed by atoms with E-state index in [1.54, 1.807) is 30.3 Å². The Balaban J connectivity index is 2.37. The Morgan fingerprint density at radius 2 is 1.47 bits per heavy atom. The van der Waals surface area contributed by atoms with E-state index in [2.05, 4.69) is 11.4 Å². The first-order valence-corrected chi connectivity index (χ1v) is 6.61. The molecule has 2 nitrogen and oxygen atoms in total. The third kappa shape index (κ3) is 3.13. The monoisotopic (exact) mass is 310 g/mol. The minimum Gasteiger partial charge on any atom is -0.365 e. The van der Waals surface area contributed by atoms with Crippen LogP contribution >= 0.6 is 34.8 Å². The van der Waals surface area contributed by atoms with Gasteiger partial charge >= 0.3 is 0 Å². The SMILES string of the molecule is N#CC(Nc1ccccc1Cl)c1c(Cl)cccc1Cl. The molecule has 0 heterocycles. The molecule has 0 radical (unpaired) electrons. The second kappa shape index (κ2) is 6.16. The molecule has 5 heteroatoms. The van der Waals surface area contributed by atoms with Gasteiger partial charge < -0.3 is 5.32 Å². The molecule has 1 N–H and O–H groups in total. The molecular weight excluding hydrogens is 303 g/mol. The van der Waals surface area contributed by atoms with Crippen LogP contribution in [0.4, 0.5) is 5.69 Å². The average molecular weight is 312 g/mol. The molecule has 19 heavy (non-hydrogen) atoms. The van der Waals surface area contributed by atoms with E-state index in [1.807, 2.05) is 12.1 Å². The van der Waals surface area contributed by atoms with Crippen LogP contribution in [-0.2, 0) is 0 Å². The van der Waals surface area contributed by atoms with Crippen LogP contribution in [0.3, 0.4) is 0 Å². The summed E-state index contributed by atoms with van der Waals surface area (Å²) >= 11 is 18.3. The molecule has 2 rings (SSSR count). The minimum absolute atomic E-state index is 0.443. The molecule has 0 spiro atoms. The molecule has 0 aromatic heterocycles. The van der Waals surface area contributed by atoms with Gasteiger partial charge in [-0.1, -0.05) is 53.0 Å². The molecule has 1 atom stereocenters. The molecule has 0 saturated carbocycles. The highest BCUT2D eigenvalue weighted by atomic mass is 35.5. The Labute approximate surface area is 126 Å². The van der Waals surface area contributed by atoms with Crippen LogP contribution in [0, 0.1) is 11.3 Å². The van der Waals surface area contributed by atoms with Crippen LogP contribution in [0.5, 0.6) is 0 Å². The summed E-state index contributed by atoms with van der Waals surface area (Å²) < 4.78 is 0. The molecular formula is C14H9Cl3N2. The van der Waals surface area contributed by atoms with E-state index in [1.165, 1.54) is 0 Å². The molecule has 0 bridgehead atoms. The molecule has 1 unspecified atom stereocenters. The van der Waals surface area contributed by atoms with E-state index in [0.717, 1.165) is 0 Å². The number of hydrogen-bond donors (Lipinski definition) is 1. The Morgan fingerprint density at radius 3 is 2.05 bits per heavy atom. The van der Waals surface area contributed by atoms with E-state index < -0.39 is 6.04 Å². The van der Waals surface area contributed by atoms with Gasteiger partial charge in [0, 0.05) is 15.6 Å². The lowest BCUT2D eigenvalue weighted by atomic mass is 10.1. The van der Waals surface area contributed by atoms with Crippen molar-refractivity contribution in [2.45, 2.75) is 6.04 Å². The molecule has 96 valence electrons. The van der Waals surface area contributed by atoms with E-state index in [-0.39, 0.29) is 0 Å². The lowest BCUT2D eigenvalue weighted by molar-refractivity contribution is 0.998. The van der Waals surface area contributed by atoms with Gasteiger partial charge in [-0.05, 0) is 24.3 Å². The maximum atomic E-state index is 9.31. The highest BCUT2D eigenvalue weighted by molar-refractivity contribution is 6.36. The van der Waals surface area contributed by atoms with Crippen molar-refractivity contribution in [3.63, 3.8) is 0 Å². The van der Waals surface area contributed by atoms with Gasteiger partial charge in [0.25, 0.3) is 0 Å². The maximum absolute atomic E-state index is 9.31. The lowest BCUT2D eigenvalue weighted by Gasteiger charge is -2.16. The summed E-state index contributed by atoms with van der Waals surface area (Å²) in [5.41, 5.74) is 1.21. The zero-order valence-electron chi connectivity index (χ0n) is 9.70. The second-order valence-electron chi connectivity index (χ2n) is 3.82. The number of halogens is 3. The van der Waals surface area contributed by atoms with Crippen molar-refractivity contribution < 1.29 is 0 Å². The largest absolute Gasteiger partial charge is 0.365 e. The fraction of sp³-hybridized carbons (Fsp3) is 0.0714. The smallest absolute Gasteiger partial charge is 0.143 e. The van der Waals surface area contributed by atoms with E-state index >= 15 is 0 Å². The summed E-state index contributed by atoms with van der Waals surface area (Å²) in [5, 5.41) is 13.8. The molecule has 0 amide bonds. The predicted octanol–water partition coefficient (Wildman–Crippen LogP) is 5.32. The van der Waals surface area contributed by atoms with Crippen molar-refractivity contribution in [3.8, 4) is 6.07 Å². The summed E-state index contributed by atoms with van der Waals surface area (Å²) in [6.45, 7) is 0. The number of para-hydroxylation sites is 1. The first kappa shape index (κ1) is 14.0. The van der Waals surface area contributed by atoms with Crippen molar-refractivity contribution in [1.29, 1.82) is 5.26 Å². The molecule has 0 aliphatic carbocycles. The number of hydrogen-bond acceptors (Lipinski definition) is 2. The van der Waals surface area contributed by atoms with Gasteiger partial charge in [-0.25, -0.2) is 0 Å². The zero-order valence-corrected chi connectivity index (χ0v) is 12.0. The van der Waals surface area contributed by atoms with Crippen LogP contribution in [0.2, 0.25) is 15.1 Å². The van der Waals surface area contributed by atoms with Crippen LogP contribution in [-0.4, -0.2) is 0 Å². The first-order valence-electron chi connectivity index (χ1n) is 5.48. The van der Waals surface area contributed by atoms with Crippen molar-refractivity contribution in [2.24, 2.45) is 0 Å². The summed E-state index contributed by atoms with van der Waals surface area (Å²) in [4.78, 5) is 0. The quantitative estimate of drug-likeness (QED) is 0.832. The number of nitrogens with zero attached hydrogens (tertiary/aromatic N) is 1. The fourth-order valence-electron chi connectivity index (χ4n) is 1.69. The first-order chi connectivity index (χ1) is 9.13. The lowest BCUT2D eigenvalue weighted by Crippen LogP contribution is -2.10. The predicted molar refractivity (Wildman–Crippen MR) is 79.9 cm³/mol. The summed E-state index contributed by atoms with van der Waals surface area (Å²) in [6, 6.07) is 13.8. The van der Waals surface area contributed by atoms with Crippen molar-refractivity contribution in [2.75, 3.05) is 5.32 Å². The van der Waals surface area contributed by atoms with Gasteiger partial charge in [0.1, 0.15) is 6.04 Å². The zero-order chi connectivity index (χ0) is 13.8. The molecule has 0 aliphatic rings. The van der Waals surface area contributed by atoms with Crippen molar-refractivity contribution in [1.82, 2.24) is 0 Å². The van der Waals surface area contributed by atoms with Gasteiger partial charge in [0.2, 0.25) is 0 Å². The van der Waals surface area contributed by atoms with E-state index in [4.69, 9.17) is 34.8 Å². The Hall–Kier alpha value is -1.40. The highest BCUT2D eigenvalue weighted by Gasteiger charge is 2.18. The van der Waals surface area contributed by atoms with Gasteiger partial charge in [0.15, 0.2) is 0 Å². The summed E-state index contributed by atoms with van der Waals surface area (Å²) in [7, 11) is 0. The third-order valence-corrected chi connectivity index (χ3v) is 3.58. The van der Waals surface area contributed by atoms with E-state index in [0.29, 0.717) is 26.3 Å². The second-order valence-corrected chi connectivity index (χ2v) is 5.04. The summed E-state index contributed by atoms with van der Waals surface area (Å²) in [5.74, 6) is 0. The van der Waals surface area contributed by atoms with Gasteiger partial charge in [-0.3, -0.25) is 0 Å². The molecule has 2 aromatic rings. The third-order valence-electron chi connectivity index (χ3n) is 2.59. The molecule has 0 fully saturated rings. The molecule has 0 saturated heterocycles. The number of anilines is 1. The van der Waals surface area contributed by atoms with Crippen molar-refractivity contribution in [3.05, 3.63) is 63.1 Å². The van der Waals surface area contributed by atoms with Crippen LogP contribution in [0.15, 0.2) is 42.5 Å². The number of nitrogens with one attached hydrogen (secondary N) is 1. The molecule has 2 aromatic carbocycles. The number of nitriles is 1. The molecule has 0 aliphatic heterocycles. The highest BCUT2D eigenvalue weighted by Crippen LogP contribution is 2.33. The van der Waals surface area contributed by atoms with Gasteiger partial charge in [-0.2, -0.15) is 5.26 Å². The van der Waals surface area contributed by atoms with Crippen LogP contribution in [0.25, 0.3) is 0 Å². The Kier molecular flexibility index (Phi) is 4.55. The van der Waals surface area contributed by atoms with E-state index in [9.17, 15) is 5.26 Å². The standard InChI is InChI=1S/C14H9Cl3N2/c15-9-4-1-2-7-12(9)19-13(8-18)14-10(16)5-3-6-11(14)17/h1-7,13,19H. The Bertz CT molecular complexity index is 615. The van der Waals surface area contributed by atoms with Crippen LogP contribution < -0.4 is 5.32 Å². The van der Waals surface area contributed by atoms with Gasteiger partial charge in [0.05, 0.1) is 16.8 Å². The fourth-order valence-corrected chi connectivity index (χ4v) is 2.50. The summed E-state index contributed by atoms with van der Waals surface area (Å²) in [6.07, 6.45) is 0. The van der Waals surface area contributed by atoms with Crippen LogP contribution in [0.1, 0.15) is 11.6 Å².